The van der Waals surface area contributed by atoms with Crippen molar-refractivity contribution in [1.82, 2.24) is 4.72 Å². The summed E-state index contributed by atoms with van der Waals surface area (Å²) in [4.78, 5) is -0.0606. The monoisotopic (exact) mass is 357 g/mol. The highest BCUT2D eigenvalue weighted by molar-refractivity contribution is 7.89. The van der Waals surface area contributed by atoms with Crippen molar-refractivity contribution >= 4 is 10.0 Å². The predicted molar refractivity (Wildman–Crippen MR) is 84.6 cm³/mol. The molecule has 0 heterocycles. The van der Waals surface area contributed by atoms with Crippen molar-refractivity contribution in [2.24, 2.45) is 0 Å². The van der Waals surface area contributed by atoms with Gasteiger partial charge in [0.1, 0.15) is 11.6 Å². The van der Waals surface area contributed by atoms with Crippen molar-refractivity contribution in [1.29, 1.82) is 0 Å². The SMILES string of the molecule is COc1ccc(S(=O)(=O)N[C@H](C)c2ccc(F)cc2F)cc1OC. The number of rotatable bonds is 6. The highest BCUT2D eigenvalue weighted by Crippen LogP contribution is 2.30. The Morgan fingerprint density at radius 1 is 1.00 bits per heavy atom. The molecule has 2 aromatic rings. The fourth-order valence-corrected chi connectivity index (χ4v) is 3.44. The van der Waals surface area contributed by atoms with E-state index in [1.807, 2.05) is 0 Å². The molecule has 0 unspecified atom stereocenters. The van der Waals surface area contributed by atoms with Gasteiger partial charge in [0.25, 0.3) is 0 Å². The molecule has 2 aromatic carbocycles. The number of halogens is 2. The number of nitrogens with one attached hydrogen (secondary N) is 1. The molecule has 0 amide bonds. The molecule has 5 nitrogen and oxygen atoms in total. The van der Waals surface area contributed by atoms with Crippen LogP contribution in [-0.4, -0.2) is 22.6 Å². The molecule has 1 N–H and O–H groups in total. The number of hydrogen-bond acceptors (Lipinski definition) is 4. The molecule has 0 saturated carbocycles. The molecule has 0 spiro atoms. The number of sulfonamides is 1. The number of ether oxygens (including phenoxy) is 2. The van der Waals surface area contributed by atoms with Crippen LogP contribution in [0.1, 0.15) is 18.5 Å². The van der Waals surface area contributed by atoms with Crippen LogP contribution in [0.15, 0.2) is 41.3 Å². The first kappa shape index (κ1) is 18.2. The van der Waals surface area contributed by atoms with Crippen molar-refractivity contribution < 1.29 is 26.7 Å². The van der Waals surface area contributed by atoms with Crippen LogP contribution in [0.2, 0.25) is 0 Å². The van der Waals surface area contributed by atoms with Gasteiger partial charge in [0.15, 0.2) is 11.5 Å². The summed E-state index contributed by atoms with van der Waals surface area (Å²) in [5.74, 6) is -0.918. The molecule has 2 rings (SSSR count). The first-order valence-electron chi connectivity index (χ1n) is 6.98. The second-order valence-corrected chi connectivity index (χ2v) is 6.74. The van der Waals surface area contributed by atoms with Crippen molar-refractivity contribution in [3.05, 3.63) is 53.6 Å². The zero-order valence-electron chi connectivity index (χ0n) is 13.3. The average molecular weight is 357 g/mol. The maximum Gasteiger partial charge on any atom is 0.241 e. The largest absolute Gasteiger partial charge is 0.493 e. The third-order valence-corrected chi connectivity index (χ3v) is 4.96. The summed E-state index contributed by atoms with van der Waals surface area (Å²) in [6.07, 6.45) is 0. The lowest BCUT2D eigenvalue weighted by Gasteiger charge is -2.16. The predicted octanol–water partition coefficient (Wildman–Crippen LogP) is 3.02. The minimum Gasteiger partial charge on any atom is -0.493 e. The van der Waals surface area contributed by atoms with Crippen LogP contribution >= 0.6 is 0 Å². The van der Waals surface area contributed by atoms with E-state index < -0.39 is 27.7 Å². The molecular formula is C16H17F2NO4S. The van der Waals surface area contributed by atoms with E-state index in [9.17, 15) is 17.2 Å². The zero-order valence-corrected chi connectivity index (χ0v) is 14.2. The van der Waals surface area contributed by atoms with Gasteiger partial charge in [0.2, 0.25) is 10.0 Å². The Morgan fingerprint density at radius 2 is 1.67 bits per heavy atom. The Hall–Kier alpha value is -2.19. The first-order chi connectivity index (χ1) is 11.3. The van der Waals surface area contributed by atoms with E-state index in [2.05, 4.69) is 4.72 Å². The molecule has 1 atom stereocenters. The van der Waals surface area contributed by atoms with Gasteiger partial charge in [-0.15, -0.1) is 0 Å². The molecular weight excluding hydrogens is 340 g/mol. The van der Waals surface area contributed by atoms with Gasteiger partial charge in [-0.05, 0) is 25.1 Å². The molecule has 0 fully saturated rings. The summed E-state index contributed by atoms with van der Waals surface area (Å²) < 4.78 is 64.1. The number of benzene rings is 2. The molecule has 0 radical (unpaired) electrons. The van der Waals surface area contributed by atoms with Gasteiger partial charge in [-0.25, -0.2) is 21.9 Å². The van der Waals surface area contributed by atoms with Crippen LogP contribution in [0.4, 0.5) is 8.78 Å². The fourth-order valence-electron chi connectivity index (χ4n) is 2.20. The Kier molecular flexibility index (Phi) is 5.40. The van der Waals surface area contributed by atoms with E-state index in [0.717, 1.165) is 6.07 Å². The lowest BCUT2D eigenvalue weighted by Crippen LogP contribution is -2.27. The Morgan fingerprint density at radius 3 is 2.25 bits per heavy atom. The molecule has 0 aliphatic rings. The summed E-state index contributed by atoms with van der Waals surface area (Å²) in [7, 11) is -1.12. The fraction of sp³-hybridized carbons (Fsp3) is 0.250. The quantitative estimate of drug-likeness (QED) is 0.863. The molecule has 0 aromatic heterocycles. The maximum atomic E-state index is 13.8. The van der Waals surface area contributed by atoms with E-state index >= 15 is 0 Å². The molecule has 0 aliphatic heterocycles. The Labute approximate surface area is 139 Å². The van der Waals surface area contributed by atoms with Crippen LogP contribution in [0.25, 0.3) is 0 Å². The van der Waals surface area contributed by atoms with Gasteiger partial charge in [0, 0.05) is 23.7 Å². The van der Waals surface area contributed by atoms with E-state index in [4.69, 9.17) is 9.47 Å². The lowest BCUT2D eigenvalue weighted by molar-refractivity contribution is 0.354. The maximum absolute atomic E-state index is 13.8. The number of methoxy groups -OCH3 is 2. The van der Waals surface area contributed by atoms with Crippen LogP contribution in [-0.2, 0) is 10.0 Å². The summed E-state index contributed by atoms with van der Waals surface area (Å²) in [5, 5.41) is 0. The van der Waals surface area contributed by atoms with Gasteiger partial charge in [0.05, 0.1) is 19.1 Å². The lowest BCUT2D eigenvalue weighted by atomic mass is 10.1. The van der Waals surface area contributed by atoms with Gasteiger partial charge in [-0.1, -0.05) is 6.07 Å². The van der Waals surface area contributed by atoms with E-state index in [-0.39, 0.29) is 16.2 Å². The molecule has 0 aliphatic carbocycles. The second kappa shape index (κ2) is 7.14. The van der Waals surface area contributed by atoms with Crippen molar-refractivity contribution in [2.45, 2.75) is 17.9 Å². The highest BCUT2D eigenvalue weighted by atomic mass is 32.2. The summed E-state index contributed by atoms with van der Waals surface area (Å²) >= 11 is 0. The Bertz CT molecular complexity index is 840. The van der Waals surface area contributed by atoms with Crippen molar-refractivity contribution in [3.8, 4) is 11.5 Å². The number of hydrogen-bond donors (Lipinski definition) is 1. The van der Waals surface area contributed by atoms with Crippen molar-refractivity contribution in [3.63, 3.8) is 0 Å². The zero-order chi connectivity index (χ0) is 17.9. The van der Waals surface area contributed by atoms with Gasteiger partial charge in [-0.3, -0.25) is 0 Å². The summed E-state index contributed by atoms with van der Waals surface area (Å²) in [6, 6.07) is 6.19. The second-order valence-electron chi connectivity index (χ2n) is 5.03. The van der Waals surface area contributed by atoms with Crippen LogP contribution in [0.3, 0.4) is 0 Å². The van der Waals surface area contributed by atoms with Crippen molar-refractivity contribution in [2.75, 3.05) is 14.2 Å². The minimum atomic E-state index is -3.94. The third-order valence-electron chi connectivity index (χ3n) is 3.43. The molecule has 0 saturated heterocycles. The Balaban J connectivity index is 2.30. The van der Waals surface area contributed by atoms with E-state index in [1.165, 1.54) is 45.4 Å². The van der Waals surface area contributed by atoms with E-state index in [1.54, 1.807) is 0 Å². The topological polar surface area (TPSA) is 64.6 Å². The minimum absolute atomic E-state index is 0.0421. The van der Waals surface area contributed by atoms with Crippen LogP contribution in [0, 0.1) is 11.6 Å². The third kappa shape index (κ3) is 3.82. The summed E-state index contributed by atoms with van der Waals surface area (Å²) in [6.45, 7) is 1.47. The average Bonchev–Trinajstić information content (AvgIpc) is 2.53. The van der Waals surface area contributed by atoms with Gasteiger partial charge < -0.3 is 9.47 Å². The smallest absolute Gasteiger partial charge is 0.241 e. The molecule has 24 heavy (non-hydrogen) atoms. The normalized spacial score (nSPS) is 12.7. The summed E-state index contributed by atoms with van der Waals surface area (Å²) in [5.41, 5.74) is 0.0421. The highest BCUT2D eigenvalue weighted by Gasteiger charge is 2.22. The standard InChI is InChI=1S/C16H17F2NO4S/c1-10(13-6-4-11(17)8-14(13)18)19-24(20,21)12-5-7-15(22-2)16(9-12)23-3/h4-10,19H,1-3H3/t10-/m1/s1. The van der Waals surface area contributed by atoms with Crippen LogP contribution < -0.4 is 14.2 Å². The molecule has 0 bridgehead atoms. The van der Waals surface area contributed by atoms with Crippen LogP contribution in [0.5, 0.6) is 11.5 Å². The first-order valence-corrected chi connectivity index (χ1v) is 8.46. The van der Waals surface area contributed by atoms with Gasteiger partial charge in [-0.2, -0.15) is 0 Å². The van der Waals surface area contributed by atoms with E-state index in [0.29, 0.717) is 11.8 Å². The molecule has 8 heteroatoms. The molecule has 130 valence electrons. The van der Waals surface area contributed by atoms with Gasteiger partial charge >= 0.3 is 0 Å².